The van der Waals surface area contributed by atoms with Crippen LogP contribution in [0.1, 0.15) is 56.3 Å². The number of benzene rings is 1. The van der Waals surface area contributed by atoms with Crippen LogP contribution in [0.25, 0.3) is 0 Å². The summed E-state index contributed by atoms with van der Waals surface area (Å²) in [7, 11) is 0. The van der Waals surface area contributed by atoms with Gasteiger partial charge in [0.25, 0.3) is 0 Å². The number of hydrogen-bond donors (Lipinski definition) is 3. The average molecular weight is 265 g/mol. The molecule has 108 valence electrons. The summed E-state index contributed by atoms with van der Waals surface area (Å²) in [5.41, 5.74) is 2.26. The van der Waals surface area contributed by atoms with Gasteiger partial charge in [-0.3, -0.25) is 0 Å². The first kappa shape index (κ1) is 16.2. The molecule has 0 spiro atoms. The smallest absolute Gasteiger partial charge is 0.0914 e. The van der Waals surface area contributed by atoms with E-state index in [4.69, 9.17) is 5.11 Å². The summed E-state index contributed by atoms with van der Waals surface area (Å²) in [6.07, 6.45) is 2.49. The standard InChI is InChI=1S/C16H27NO2/c1-13(2)14-6-8-15(9-7-14)16(19)12-17-10-4-3-5-11-18/h6-9,13,16-19H,3-5,10-12H2,1-2H3. The van der Waals surface area contributed by atoms with Crippen molar-refractivity contribution in [3.05, 3.63) is 35.4 Å². The van der Waals surface area contributed by atoms with Gasteiger partial charge in [0.05, 0.1) is 6.10 Å². The molecule has 0 bridgehead atoms. The molecule has 0 aromatic heterocycles. The minimum atomic E-state index is -0.445. The largest absolute Gasteiger partial charge is 0.396 e. The Morgan fingerprint density at radius 3 is 2.21 bits per heavy atom. The van der Waals surface area contributed by atoms with E-state index in [1.165, 1.54) is 5.56 Å². The summed E-state index contributed by atoms with van der Waals surface area (Å²) in [6.45, 7) is 6.07. The SMILES string of the molecule is CC(C)c1ccc(C(O)CNCCCCCO)cc1. The number of nitrogens with one attached hydrogen (secondary N) is 1. The first-order valence-corrected chi connectivity index (χ1v) is 7.24. The van der Waals surface area contributed by atoms with E-state index in [1.54, 1.807) is 0 Å². The Morgan fingerprint density at radius 2 is 1.63 bits per heavy atom. The Balaban J connectivity index is 2.27. The molecule has 0 aliphatic heterocycles. The summed E-state index contributed by atoms with van der Waals surface area (Å²) in [6, 6.07) is 8.19. The zero-order chi connectivity index (χ0) is 14.1. The summed E-state index contributed by atoms with van der Waals surface area (Å²) >= 11 is 0. The topological polar surface area (TPSA) is 52.5 Å². The van der Waals surface area contributed by atoms with Crippen molar-refractivity contribution in [2.45, 2.75) is 45.1 Å². The quantitative estimate of drug-likeness (QED) is 0.602. The Morgan fingerprint density at radius 1 is 1.00 bits per heavy atom. The lowest BCUT2D eigenvalue weighted by Gasteiger charge is -2.13. The van der Waals surface area contributed by atoms with Gasteiger partial charge >= 0.3 is 0 Å². The Bertz CT molecular complexity index is 335. The van der Waals surface area contributed by atoms with Crippen LogP contribution in [0.2, 0.25) is 0 Å². The molecule has 0 heterocycles. The molecule has 1 aromatic rings. The molecule has 0 saturated heterocycles. The molecule has 1 unspecified atom stereocenters. The van der Waals surface area contributed by atoms with Crippen LogP contribution in [0.15, 0.2) is 24.3 Å². The number of unbranched alkanes of at least 4 members (excludes halogenated alkanes) is 2. The van der Waals surface area contributed by atoms with Crippen molar-refractivity contribution in [2.75, 3.05) is 19.7 Å². The van der Waals surface area contributed by atoms with Crippen LogP contribution >= 0.6 is 0 Å². The van der Waals surface area contributed by atoms with E-state index < -0.39 is 6.10 Å². The third-order valence-corrected chi connectivity index (χ3v) is 3.34. The van der Waals surface area contributed by atoms with E-state index in [-0.39, 0.29) is 6.61 Å². The lowest BCUT2D eigenvalue weighted by Crippen LogP contribution is -2.22. The maximum absolute atomic E-state index is 10.1. The van der Waals surface area contributed by atoms with Crippen LogP contribution in [0.3, 0.4) is 0 Å². The molecule has 0 aliphatic carbocycles. The van der Waals surface area contributed by atoms with Crippen molar-refractivity contribution in [2.24, 2.45) is 0 Å². The highest BCUT2D eigenvalue weighted by Crippen LogP contribution is 2.18. The van der Waals surface area contributed by atoms with Gasteiger partial charge in [0.15, 0.2) is 0 Å². The van der Waals surface area contributed by atoms with Gasteiger partial charge in [-0.25, -0.2) is 0 Å². The molecule has 0 radical (unpaired) electrons. The van der Waals surface area contributed by atoms with Crippen molar-refractivity contribution in [3.8, 4) is 0 Å². The van der Waals surface area contributed by atoms with Gasteiger partial charge in [-0.1, -0.05) is 38.1 Å². The molecular formula is C16H27NO2. The van der Waals surface area contributed by atoms with Crippen molar-refractivity contribution in [1.29, 1.82) is 0 Å². The first-order chi connectivity index (χ1) is 9.15. The lowest BCUT2D eigenvalue weighted by atomic mass is 10.00. The molecular weight excluding hydrogens is 238 g/mol. The molecule has 0 fully saturated rings. The molecule has 0 saturated carbocycles. The second-order valence-corrected chi connectivity index (χ2v) is 5.33. The lowest BCUT2D eigenvalue weighted by molar-refractivity contribution is 0.174. The maximum Gasteiger partial charge on any atom is 0.0914 e. The van der Waals surface area contributed by atoms with Crippen LogP contribution in [0.4, 0.5) is 0 Å². The third kappa shape index (κ3) is 6.19. The van der Waals surface area contributed by atoms with Gasteiger partial charge in [0.1, 0.15) is 0 Å². The summed E-state index contributed by atoms with van der Waals surface area (Å²) in [5, 5.41) is 22.0. The van der Waals surface area contributed by atoms with Gasteiger partial charge < -0.3 is 15.5 Å². The highest BCUT2D eigenvalue weighted by molar-refractivity contribution is 5.26. The van der Waals surface area contributed by atoms with Gasteiger partial charge in [0, 0.05) is 13.2 Å². The molecule has 0 amide bonds. The molecule has 0 aliphatic rings. The van der Waals surface area contributed by atoms with Crippen LogP contribution in [0, 0.1) is 0 Å². The van der Waals surface area contributed by atoms with Gasteiger partial charge in [-0.05, 0) is 42.9 Å². The van der Waals surface area contributed by atoms with E-state index in [0.717, 1.165) is 31.4 Å². The number of hydrogen-bond acceptors (Lipinski definition) is 3. The predicted molar refractivity (Wildman–Crippen MR) is 79.3 cm³/mol. The van der Waals surface area contributed by atoms with Crippen molar-refractivity contribution in [1.82, 2.24) is 5.32 Å². The van der Waals surface area contributed by atoms with E-state index >= 15 is 0 Å². The monoisotopic (exact) mass is 265 g/mol. The Hall–Kier alpha value is -0.900. The third-order valence-electron chi connectivity index (χ3n) is 3.34. The molecule has 3 N–H and O–H groups in total. The van der Waals surface area contributed by atoms with Crippen LogP contribution in [-0.4, -0.2) is 29.9 Å². The number of aliphatic hydroxyl groups is 2. The maximum atomic E-state index is 10.1. The zero-order valence-corrected chi connectivity index (χ0v) is 12.1. The molecule has 3 heteroatoms. The summed E-state index contributed by atoms with van der Waals surface area (Å²) in [4.78, 5) is 0. The Labute approximate surface area is 116 Å². The number of aliphatic hydroxyl groups excluding tert-OH is 2. The van der Waals surface area contributed by atoms with Crippen molar-refractivity contribution >= 4 is 0 Å². The molecule has 1 rings (SSSR count). The summed E-state index contributed by atoms with van der Waals surface area (Å²) < 4.78 is 0. The van der Waals surface area contributed by atoms with Crippen LogP contribution in [0.5, 0.6) is 0 Å². The summed E-state index contributed by atoms with van der Waals surface area (Å²) in [5.74, 6) is 0.524. The molecule has 19 heavy (non-hydrogen) atoms. The Kier molecular flexibility index (Phi) is 7.72. The van der Waals surface area contributed by atoms with E-state index in [2.05, 4.69) is 31.3 Å². The van der Waals surface area contributed by atoms with E-state index in [9.17, 15) is 5.11 Å². The normalized spacial score (nSPS) is 12.9. The molecule has 1 atom stereocenters. The van der Waals surface area contributed by atoms with Crippen LogP contribution < -0.4 is 5.32 Å². The molecule has 3 nitrogen and oxygen atoms in total. The predicted octanol–water partition coefficient (Wildman–Crippen LogP) is 2.60. The second-order valence-electron chi connectivity index (χ2n) is 5.33. The van der Waals surface area contributed by atoms with Crippen molar-refractivity contribution < 1.29 is 10.2 Å². The minimum Gasteiger partial charge on any atom is -0.396 e. The highest BCUT2D eigenvalue weighted by atomic mass is 16.3. The molecule has 1 aromatic carbocycles. The fourth-order valence-corrected chi connectivity index (χ4v) is 2.00. The fourth-order valence-electron chi connectivity index (χ4n) is 2.00. The fraction of sp³-hybridized carbons (Fsp3) is 0.625. The van der Waals surface area contributed by atoms with Gasteiger partial charge in [-0.15, -0.1) is 0 Å². The second kappa shape index (κ2) is 9.08. The number of rotatable bonds is 9. The van der Waals surface area contributed by atoms with Crippen molar-refractivity contribution in [3.63, 3.8) is 0 Å². The van der Waals surface area contributed by atoms with E-state index in [0.29, 0.717) is 12.5 Å². The van der Waals surface area contributed by atoms with E-state index in [1.807, 2.05) is 12.1 Å². The van der Waals surface area contributed by atoms with Crippen LogP contribution in [-0.2, 0) is 0 Å². The zero-order valence-electron chi connectivity index (χ0n) is 12.1. The first-order valence-electron chi connectivity index (χ1n) is 7.24. The van der Waals surface area contributed by atoms with Gasteiger partial charge in [-0.2, -0.15) is 0 Å². The van der Waals surface area contributed by atoms with Gasteiger partial charge in [0.2, 0.25) is 0 Å². The highest BCUT2D eigenvalue weighted by Gasteiger charge is 2.07. The minimum absolute atomic E-state index is 0.269. The average Bonchev–Trinajstić information content (AvgIpc) is 2.42.